The lowest BCUT2D eigenvalue weighted by molar-refractivity contribution is 0.0315. The monoisotopic (exact) mass is 295 g/mol. The highest BCUT2D eigenvalue weighted by Gasteiger charge is 2.29. The van der Waals surface area contributed by atoms with Crippen molar-refractivity contribution < 1.29 is 14.3 Å². The van der Waals surface area contributed by atoms with E-state index < -0.39 is 0 Å². The molecular formula is C18H17NO3. The first-order valence-corrected chi connectivity index (χ1v) is 7.34. The minimum Gasteiger partial charge on any atom is -0.457 e. The molecule has 0 aromatic heterocycles. The van der Waals surface area contributed by atoms with Crippen LogP contribution in [0.25, 0.3) is 0 Å². The van der Waals surface area contributed by atoms with E-state index in [1.54, 1.807) is 41.3 Å². The SMILES string of the molecule is O=C(O[C@H]1CCN(C(=O)c2ccccc2)C1)c1ccccc1. The Hall–Kier alpha value is -2.62. The van der Waals surface area contributed by atoms with Crippen LogP contribution in [0.3, 0.4) is 0 Å². The number of likely N-dealkylation sites (tertiary alicyclic amines) is 1. The minimum absolute atomic E-state index is 0.0149. The second kappa shape index (κ2) is 6.43. The fourth-order valence-corrected chi connectivity index (χ4v) is 2.57. The molecule has 1 atom stereocenters. The molecule has 1 aliphatic rings. The number of rotatable bonds is 3. The highest BCUT2D eigenvalue weighted by atomic mass is 16.5. The molecule has 0 N–H and O–H groups in total. The van der Waals surface area contributed by atoms with Gasteiger partial charge in [0.1, 0.15) is 6.10 Å². The van der Waals surface area contributed by atoms with Crippen molar-refractivity contribution >= 4 is 11.9 Å². The summed E-state index contributed by atoms with van der Waals surface area (Å²) >= 11 is 0. The van der Waals surface area contributed by atoms with Gasteiger partial charge in [-0.15, -0.1) is 0 Å². The topological polar surface area (TPSA) is 46.6 Å². The molecule has 0 spiro atoms. The van der Waals surface area contributed by atoms with Gasteiger partial charge in [0.25, 0.3) is 5.91 Å². The minimum atomic E-state index is -0.334. The van der Waals surface area contributed by atoms with Gasteiger partial charge in [-0.2, -0.15) is 0 Å². The Morgan fingerprint density at radius 3 is 2.14 bits per heavy atom. The molecule has 0 saturated carbocycles. The standard InChI is InChI=1S/C18H17NO3/c20-17(14-7-3-1-4-8-14)19-12-11-16(13-19)22-18(21)15-9-5-2-6-10-15/h1-10,16H,11-13H2/t16-/m0/s1. The number of nitrogens with zero attached hydrogens (tertiary/aromatic N) is 1. The van der Waals surface area contributed by atoms with E-state index in [0.29, 0.717) is 30.6 Å². The number of hydrogen-bond acceptors (Lipinski definition) is 3. The van der Waals surface area contributed by atoms with Crippen LogP contribution >= 0.6 is 0 Å². The molecule has 22 heavy (non-hydrogen) atoms. The zero-order valence-corrected chi connectivity index (χ0v) is 12.1. The Morgan fingerprint density at radius 1 is 0.909 bits per heavy atom. The zero-order chi connectivity index (χ0) is 15.4. The van der Waals surface area contributed by atoms with E-state index >= 15 is 0 Å². The smallest absolute Gasteiger partial charge is 0.338 e. The molecule has 0 unspecified atom stereocenters. The van der Waals surface area contributed by atoms with E-state index in [-0.39, 0.29) is 18.0 Å². The molecule has 1 amide bonds. The Kier molecular flexibility index (Phi) is 4.19. The average molecular weight is 295 g/mol. The summed E-state index contributed by atoms with van der Waals surface area (Å²) in [5.74, 6) is -0.349. The van der Waals surface area contributed by atoms with Gasteiger partial charge < -0.3 is 9.64 Å². The summed E-state index contributed by atoms with van der Waals surface area (Å²) < 4.78 is 5.48. The molecule has 0 bridgehead atoms. The summed E-state index contributed by atoms with van der Waals surface area (Å²) in [6, 6.07) is 18.1. The molecule has 1 fully saturated rings. The van der Waals surface area contributed by atoms with Gasteiger partial charge in [0.2, 0.25) is 0 Å². The van der Waals surface area contributed by atoms with E-state index in [1.807, 2.05) is 24.3 Å². The lowest BCUT2D eigenvalue weighted by Gasteiger charge is -2.16. The van der Waals surface area contributed by atoms with Crippen LogP contribution in [0.2, 0.25) is 0 Å². The zero-order valence-electron chi connectivity index (χ0n) is 12.1. The van der Waals surface area contributed by atoms with Gasteiger partial charge in [-0.25, -0.2) is 4.79 Å². The Balaban J connectivity index is 1.59. The largest absolute Gasteiger partial charge is 0.457 e. The average Bonchev–Trinajstić information content (AvgIpc) is 3.04. The van der Waals surface area contributed by atoms with Gasteiger partial charge in [0, 0.05) is 18.5 Å². The van der Waals surface area contributed by atoms with Crippen molar-refractivity contribution in [3.05, 3.63) is 71.8 Å². The second-order valence-corrected chi connectivity index (χ2v) is 5.30. The summed E-state index contributed by atoms with van der Waals surface area (Å²) in [5.41, 5.74) is 1.20. The van der Waals surface area contributed by atoms with Crippen molar-refractivity contribution in [1.29, 1.82) is 0 Å². The summed E-state index contributed by atoms with van der Waals surface area (Å²) in [4.78, 5) is 26.1. The van der Waals surface area contributed by atoms with Crippen molar-refractivity contribution in [2.24, 2.45) is 0 Å². The van der Waals surface area contributed by atoms with Crippen LogP contribution in [0.4, 0.5) is 0 Å². The van der Waals surface area contributed by atoms with Crippen molar-refractivity contribution in [2.75, 3.05) is 13.1 Å². The number of carbonyl (C=O) groups excluding carboxylic acids is 2. The molecule has 4 heteroatoms. The molecule has 0 aliphatic carbocycles. The lowest BCUT2D eigenvalue weighted by atomic mass is 10.2. The number of benzene rings is 2. The Bertz CT molecular complexity index is 655. The predicted molar refractivity (Wildman–Crippen MR) is 82.6 cm³/mol. The van der Waals surface area contributed by atoms with Crippen molar-refractivity contribution in [3.8, 4) is 0 Å². The van der Waals surface area contributed by atoms with Gasteiger partial charge in [0.15, 0.2) is 0 Å². The molecule has 1 heterocycles. The fourth-order valence-electron chi connectivity index (χ4n) is 2.57. The van der Waals surface area contributed by atoms with Crippen LogP contribution in [-0.2, 0) is 4.74 Å². The van der Waals surface area contributed by atoms with E-state index in [9.17, 15) is 9.59 Å². The van der Waals surface area contributed by atoms with Gasteiger partial charge >= 0.3 is 5.97 Å². The normalized spacial score (nSPS) is 17.3. The number of amides is 1. The number of carbonyl (C=O) groups is 2. The third-order valence-electron chi connectivity index (χ3n) is 3.74. The molecule has 112 valence electrons. The second-order valence-electron chi connectivity index (χ2n) is 5.30. The van der Waals surface area contributed by atoms with E-state index in [0.717, 1.165) is 0 Å². The van der Waals surface area contributed by atoms with E-state index in [2.05, 4.69) is 0 Å². The molecular weight excluding hydrogens is 278 g/mol. The van der Waals surface area contributed by atoms with Crippen LogP contribution in [0, 0.1) is 0 Å². The summed E-state index contributed by atoms with van der Waals surface area (Å²) in [5, 5.41) is 0. The maximum Gasteiger partial charge on any atom is 0.338 e. The lowest BCUT2D eigenvalue weighted by Crippen LogP contribution is -2.30. The number of hydrogen-bond donors (Lipinski definition) is 0. The number of esters is 1. The number of ether oxygens (including phenoxy) is 1. The van der Waals surface area contributed by atoms with Crippen LogP contribution < -0.4 is 0 Å². The molecule has 2 aromatic carbocycles. The first kappa shape index (κ1) is 14.3. The van der Waals surface area contributed by atoms with Crippen molar-refractivity contribution in [2.45, 2.75) is 12.5 Å². The predicted octanol–water partition coefficient (Wildman–Crippen LogP) is 2.76. The first-order chi connectivity index (χ1) is 10.7. The summed E-state index contributed by atoms with van der Waals surface area (Å²) in [6.45, 7) is 1.06. The third kappa shape index (κ3) is 3.17. The van der Waals surface area contributed by atoms with E-state index in [1.165, 1.54) is 0 Å². The molecule has 1 aliphatic heterocycles. The maximum atomic E-state index is 12.3. The van der Waals surface area contributed by atoms with Gasteiger partial charge in [-0.05, 0) is 24.3 Å². The summed E-state index contributed by atoms with van der Waals surface area (Å²) in [7, 11) is 0. The van der Waals surface area contributed by atoms with Crippen LogP contribution in [-0.4, -0.2) is 36.0 Å². The summed E-state index contributed by atoms with van der Waals surface area (Å²) in [6.07, 6.45) is 0.442. The third-order valence-corrected chi connectivity index (χ3v) is 3.74. The van der Waals surface area contributed by atoms with Crippen molar-refractivity contribution in [1.82, 2.24) is 4.90 Å². The molecule has 2 aromatic rings. The van der Waals surface area contributed by atoms with E-state index in [4.69, 9.17) is 4.74 Å². The highest BCUT2D eigenvalue weighted by Crippen LogP contribution is 2.17. The Morgan fingerprint density at radius 2 is 1.50 bits per heavy atom. The molecule has 1 saturated heterocycles. The Labute approximate surface area is 129 Å². The van der Waals surface area contributed by atoms with Gasteiger partial charge in [0.05, 0.1) is 12.1 Å². The van der Waals surface area contributed by atoms with Gasteiger partial charge in [-0.3, -0.25) is 4.79 Å². The fraction of sp³-hybridized carbons (Fsp3) is 0.222. The maximum absolute atomic E-state index is 12.3. The first-order valence-electron chi connectivity index (χ1n) is 7.34. The highest BCUT2D eigenvalue weighted by molar-refractivity contribution is 5.94. The molecule has 4 nitrogen and oxygen atoms in total. The van der Waals surface area contributed by atoms with Crippen LogP contribution in [0.15, 0.2) is 60.7 Å². The quantitative estimate of drug-likeness (QED) is 0.818. The van der Waals surface area contributed by atoms with Gasteiger partial charge in [-0.1, -0.05) is 36.4 Å². The van der Waals surface area contributed by atoms with Crippen LogP contribution in [0.5, 0.6) is 0 Å². The molecule has 0 radical (unpaired) electrons. The van der Waals surface area contributed by atoms with Crippen LogP contribution in [0.1, 0.15) is 27.1 Å². The molecule has 3 rings (SSSR count). The van der Waals surface area contributed by atoms with Crippen molar-refractivity contribution in [3.63, 3.8) is 0 Å².